The molecule has 1 N–H and O–H groups in total. The summed E-state index contributed by atoms with van der Waals surface area (Å²) in [7, 11) is 0. The second kappa shape index (κ2) is 5.66. The summed E-state index contributed by atoms with van der Waals surface area (Å²) in [6.45, 7) is 5.84. The number of carboxylic acids is 1. The van der Waals surface area contributed by atoms with E-state index in [-0.39, 0.29) is 18.1 Å². The minimum atomic E-state index is -1.000. The van der Waals surface area contributed by atoms with Gasteiger partial charge in [-0.15, -0.1) is 12.4 Å². The van der Waals surface area contributed by atoms with Gasteiger partial charge in [-0.1, -0.05) is 13.8 Å². The lowest BCUT2D eigenvalue weighted by Gasteiger charge is -2.05. The van der Waals surface area contributed by atoms with Crippen molar-refractivity contribution in [1.82, 2.24) is 9.97 Å². The van der Waals surface area contributed by atoms with Crippen molar-refractivity contribution >= 4 is 18.4 Å². The number of rotatable bonds is 3. The molecule has 0 radical (unpaired) electrons. The van der Waals surface area contributed by atoms with E-state index >= 15 is 0 Å². The number of hydrogen-bond acceptors (Lipinski definition) is 3. The Hall–Kier alpha value is -1.16. The predicted octanol–water partition coefficient (Wildman–Crippen LogP) is 2.10. The van der Waals surface area contributed by atoms with E-state index in [1.165, 1.54) is 6.07 Å². The van der Waals surface area contributed by atoms with Gasteiger partial charge in [-0.3, -0.25) is 0 Å². The Morgan fingerprint density at radius 1 is 1.47 bits per heavy atom. The standard InChI is InChI=1S/C10H14N2O2.ClH/c1-6(2)4-8-5-9(10(13)14)12-7(3)11-8;/h5-6H,4H2,1-3H3,(H,13,14);1H. The number of aromatic carboxylic acids is 1. The first-order chi connectivity index (χ1) is 6.49. The molecule has 0 aliphatic heterocycles. The molecule has 1 rings (SSSR count). The molecule has 0 amide bonds. The average Bonchev–Trinajstić information content (AvgIpc) is 2.01. The van der Waals surface area contributed by atoms with Crippen LogP contribution < -0.4 is 0 Å². The summed E-state index contributed by atoms with van der Waals surface area (Å²) in [6, 6.07) is 1.54. The maximum atomic E-state index is 10.7. The van der Waals surface area contributed by atoms with E-state index in [2.05, 4.69) is 23.8 Å². The van der Waals surface area contributed by atoms with E-state index in [9.17, 15) is 4.79 Å². The first kappa shape index (κ1) is 13.8. The molecular weight excluding hydrogens is 216 g/mol. The third kappa shape index (κ3) is 4.25. The van der Waals surface area contributed by atoms with E-state index in [0.717, 1.165) is 12.1 Å². The molecule has 0 aliphatic carbocycles. The Kier molecular flexibility index (Phi) is 5.22. The van der Waals surface area contributed by atoms with Gasteiger partial charge in [-0.2, -0.15) is 0 Å². The number of aryl methyl sites for hydroxylation is 1. The van der Waals surface area contributed by atoms with Crippen LogP contribution in [0, 0.1) is 12.8 Å². The van der Waals surface area contributed by atoms with Crippen LogP contribution in [-0.4, -0.2) is 21.0 Å². The van der Waals surface area contributed by atoms with Crippen molar-refractivity contribution in [2.24, 2.45) is 5.92 Å². The molecular formula is C10H15ClN2O2. The number of carbonyl (C=O) groups is 1. The lowest BCUT2D eigenvalue weighted by atomic mass is 10.1. The molecule has 0 fully saturated rings. The van der Waals surface area contributed by atoms with Gasteiger partial charge < -0.3 is 5.11 Å². The Balaban J connectivity index is 0.00000196. The van der Waals surface area contributed by atoms with Crippen molar-refractivity contribution in [3.8, 4) is 0 Å². The number of nitrogens with zero attached hydrogens (tertiary/aromatic N) is 2. The van der Waals surface area contributed by atoms with Gasteiger partial charge in [0.25, 0.3) is 0 Å². The molecule has 0 spiro atoms. The molecule has 84 valence electrons. The fraction of sp³-hybridized carbons (Fsp3) is 0.500. The minimum absolute atomic E-state index is 0. The van der Waals surface area contributed by atoms with Crippen LogP contribution in [0.2, 0.25) is 0 Å². The molecule has 15 heavy (non-hydrogen) atoms. The van der Waals surface area contributed by atoms with E-state index in [1.54, 1.807) is 6.92 Å². The van der Waals surface area contributed by atoms with E-state index in [4.69, 9.17) is 5.11 Å². The number of aromatic nitrogens is 2. The normalized spacial score (nSPS) is 9.87. The van der Waals surface area contributed by atoms with Crippen LogP contribution in [0.1, 0.15) is 35.9 Å². The summed E-state index contributed by atoms with van der Waals surface area (Å²) < 4.78 is 0. The zero-order valence-corrected chi connectivity index (χ0v) is 9.84. The fourth-order valence-corrected chi connectivity index (χ4v) is 1.26. The zero-order chi connectivity index (χ0) is 10.7. The number of halogens is 1. The molecule has 0 saturated carbocycles. The van der Waals surface area contributed by atoms with Gasteiger partial charge in [0.05, 0.1) is 0 Å². The summed E-state index contributed by atoms with van der Waals surface area (Å²) in [4.78, 5) is 18.7. The van der Waals surface area contributed by atoms with E-state index < -0.39 is 5.97 Å². The SMILES string of the molecule is Cc1nc(CC(C)C)cc(C(=O)O)n1.Cl. The second-order valence-electron chi connectivity index (χ2n) is 3.69. The van der Waals surface area contributed by atoms with Gasteiger partial charge in [-0.25, -0.2) is 14.8 Å². The summed E-state index contributed by atoms with van der Waals surface area (Å²) in [6.07, 6.45) is 0.781. The summed E-state index contributed by atoms with van der Waals surface area (Å²) >= 11 is 0. The fourth-order valence-electron chi connectivity index (χ4n) is 1.26. The van der Waals surface area contributed by atoms with Gasteiger partial charge >= 0.3 is 5.97 Å². The first-order valence-electron chi connectivity index (χ1n) is 4.57. The molecule has 1 heterocycles. The topological polar surface area (TPSA) is 63.1 Å². The van der Waals surface area contributed by atoms with Crippen molar-refractivity contribution in [3.05, 3.63) is 23.3 Å². The van der Waals surface area contributed by atoms with E-state index in [1.807, 2.05) is 0 Å². The van der Waals surface area contributed by atoms with Gasteiger partial charge in [0.15, 0.2) is 5.69 Å². The molecule has 0 atom stereocenters. The van der Waals surface area contributed by atoms with Crippen molar-refractivity contribution in [2.75, 3.05) is 0 Å². The molecule has 0 aliphatic rings. The molecule has 5 heteroatoms. The maximum Gasteiger partial charge on any atom is 0.354 e. The summed E-state index contributed by atoms with van der Waals surface area (Å²) in [5.74, 6) is -0.0213. The second-order valence-corrected chi connectivity index (χ2v) is 3.69. The predicted molar refractivity (Wildman–Crippen MR) is 59.5 cm³/mol. The van der Waals surface area contributed by atoms with Crippen LogP contribution in [0.3, 0.4) is 0 Å². The molecule has 1 aromatic heterocycles. The highest BCUT2D eigenvalue weighted by molar-refractivity contribution is 5.85. The van der Waals surface area contributed by atoms with Crippen molar-refractivity contribution in [1.29, 1.82) is 0 Å². The van der Waals surface area contributed by atoms with Crippen LogP contribution in [0.5, 0.6) is 0 Å². The third-order valence-electron chi connectivity index (χ3n) is 1.73. The smallest absolute Gasteiger partial charge is 0.354 e. The third-order valence-corrected chi connectivity index (χ3v) is 1.73. The lowest BCUT2D eigenvalue weighted by Crippen LogP contribution is -2.07. The molecule has 0 saturated heterocycles. The first-order valence-corrected chi connectivity index (χ1v) is 4.57. The van der Waals surface area contributed by atoms with Crippen LogP contribution in [0.15, 0.2) is 6.07 Å². The van der Waals surface area contributed by atoms with Gasteiger partial charge in [-0.05, 0) is 25.3 Å². The molecule has 4 nitrogen and oxygen atoms in total. The Morgan fingerprint density at radius 3 is 2.53 bits per heavy atom. The highest BCUT2D eigenvalue weighted by Gasteiger charge is 2.09. The van der Waals surface area contributed by atoms with Gasteiger partial charge in [0.1, 0.15) is 5.82 Å². The summed E-state index contributed by atoms with van der Waals surface area (Å²) in [5.41, 5.74) is 0.873. The van der Waals surface area contributed by atoms with Crippen LogP contribution in [-0.2, 0) is 6.42 Å². The van der Waals surface area contributed by atoms with E-state index in [0.29, 0.717) is 11.7 Å². The van der Waals surface area contributed by atoms with Crippen LogP contribution in [0.25, 0.3) is 0 Å². The Morgan fingerprint density at radius 2 is 2.07 bits per heavy atom. The number of carboxylic acid groups (broad SMARTS) is 1. The Labute approximate surface area is 95.2 Å². The highest BCUT2D eigenvalue weighted by atomic mass is 35.5. The van der Waals surface area contributed by atoms with Gasteiger partial charge in [0.2, 0.25) is 0 Å². The average molecular weight is 231 g/mol. The van der Waals surface area contributed by atoms with Crippen molar-refractivity contribution in [3.63, 3.8) is 0 Å². The van der Waals surface area contributed by atoms with Crippen LogP contribution in [0.4, 0.5) is 0 Å². The van der Waals surface area contributed by atoms with Crippen molar-refractivity contribution in [2.45, 2.75) is 27.2 Å². The largest absolute Gasteiger partial charge is 0.477 e. The minimum Gasteiger partial charge on any atom is -0.477 e. The van der Waals surface area contributed by atoms with Crippen LogP contribution >= 0.6 is 12.4 Å². The highest BCUT2D eigenvalue weighted by Crippen LogP contribution is 2.07. The van der Waals surface area contributed by atoms with Gasteiger partial charge in [0, 0.05) is 5.69 Å². The Bertz CT molecular complexity index is 353. The lowest BCUT2D eigenvalue weighted by molar-refractivity contribution is 0.0689. The van der Waals surface area contributed by atoms with Crippen molar-refractivity contribution < 1.29 is 9.90 Å². The molecule has 0 bridgehead atoms. The number of hydrogen-bond donors (Lipinski definition) is 1. The monoisotopic (exact) mass is 230 g/mol. The molecule has 0 aromatic carbocycles. The molecule has 0 unspecified atom stereocenters. The zero-order valence-electron chi connectivity index (χ0n) is 9.02. The molecule has 1 aromatic rings. The summed E-state index contributed by atoms with van der Waals surface area (Å²) in [5, 5.41) is 8.78. The maximum absolute atomic E-state index is 10.7. The quantitative estimate of drug-likeness (QED) is 0.864.